The molecule has 4 nitrogen and oxygen atoms in total. The number of nitrogens with zero attached hydrogens (tertiary/aromatic N) is 1. The van der Waals surface area contributed by atoms with Gasteiger partial charge in [0.1, 0.15) is 0 Å². The minimum atomic E-state index is -0.917. The lowest BCUT2D eigenvalue weighted by molar-refractivity contribution is 0.0697. The Labute approximate surface area is 110 Å². The van der Waals surface area contributed by atoms with Crippen molar-refractivity contribution in [1.29, 1.82) is 0 Å². The summed E-state index contributed by atoms with van der Waals surface area (Å²) < 4.78 is 0.767. The van der Waals surface area contributed by atoms with Crippen LogP contribution >= 0.6 is 15.9 Å². The molecule has 2 N–H and O–H groups in total. The van der Waals surface area contributed by atoms with Gasteiger partial charge in [0.2, 0.25) is 0 Å². The van der Waals surface area contributed by atoms with Gasteiger partial charge in [0, 0.05) is 23.2 Å². The SMILES string of the molecule is CCN(C)CCNc1cc(Br)cc(C(=O)O)c1. The van der Waals surface area contributed by atoms with Crippen molar-refractivity contribution in [1.82, 2.24) is 4.90 Å². The summed E-state index contributed by atoms with van der Waals surface area (Å²) in [4.78, 5) is 13.1. The van der Waals surface area contributed by atoms with Crippen molar-refractivity contribution in [3.63, 3.8) is 0 Å². The van der Waals surface area contributed by atoms with Crippen LogP contribution in [-0.2, 0) is 0 Å². The molecular weight excluding hydrogens is 284 g/mol. The lowest BCUT2D eigenvalue weighted by Gasteiger charge is -2.15. The Hall–Kier alpha value is -1.07. The number of hydrogen-bond acceptors (Lipinski definition) is 3. The summed E-state index contributed by atoms with van der Waals surface area (Å²) in [5, 5.41) is 12.1. The molecule has 17 heavy (non-hydrogen) atoms. The van der Waals surface area contributed by atoms with Crippen molar-refractivity contribution in [2.75, 3.05) is 32.0 Å². The summed E-state index contributed by atoms with van der Waals surface area (Å²) in [6, 6.07) is 5.10. The van der Waals surface area contributed by atoms with Crippen molar-refractivity contribution in [2.24, 2.45) is 0 Å². The first-order valence-corrected chi connectivity index (χ1v) is 6.28. The Bertz CT molecular complexity index is 396. The summed E-state index contributed by atoms with van der Waals surface area (Å²) in [7, 11) is 2.05. The molecule has 0 atom stereocenters. The monoisotopic (exact) mass is 300 g/mol. The van der Waals surface area contributed by atoms with E-state index >= 15 is 0 Å². The molecule has 1 aromatic carbocycles. The number of rotatable bonds is 6. The maximum Gasteiger partial charge on any atom is 0.335 e. The van der Waals surface area contributed by atoms with Crippen molar-refractivity contribution in [2.45, 2.75) is 6.92 Å². The van der Waals surface area contributed by atoms with E-state index in [1.54, 1.807) is 12.1 Å². The maximum absolute atomic E-state index is 10.9. The van der Waals surface area contributed by atoms with Gasteiger partial charge in [-0.2, -0.15) is 0 Å². The van der Waals surface area contributed by atoms with Crippen LogP contribution in [0.4, 0.5) is 5.69 Å². The van der Waals surface area contributed by atoms with Gasteiger partial charge in [-0.15, -0.1) is 0 Å². The van der Waals surface area contributed by atoms with Gasteiger partial charge in [0.15, 0.2) is 0 Å². The van der Waals surface area contributed by atoms with Crippen LogP contribution in [0.15, 0.2) is 22.7 Å². The van der Waals surface area contributed by atoms with E-state index in [0.717, 1.165) is 29.8 Å². The van der Waals surface area contributed by atoms with Crippen molar-refractivity contribution in [3.05, 3.63) is 28.2 Å². The Morgan fingerprint density at radius 2 is 2.18 bits per heavy atom. The van der Waals surface area contributed by atoms with Crippen LogP contribution in [0.3, 0.4) is 0 Å². The molecule has 0 spiro atoms. The number of nitrogens with one attached hydrogen (secondary N) is 1. The molecule has 0 unspecified atom stereocenters. The number of anilines is 1. The topological polar surface area (TPSA) is 52.6 Å². The first-order chi connectivity index (χ1) is 8.02. The molecule has 5 heteroatoms. The Morgan fingerprint density at radius 1 is 1.47 bits per heavy atom. The first-order valence-electron chi connectivity index (χ1n) is 5.49. The predicted molar refractivity (Wildman–Crippen MR) is 72.8 cm³/mol. The summed E-state index contributed by atoms with van der Waals surface area (Å²) in [6.07, 6.45) is 0. The number of likely N-dealkylation sites (N-methyl/N-ethyl adjacent to an activating group) is 1. The van der Waals surface area contributed by atoms with Crippen LogP contribution < -0.4 is 5.32 Å². The van der Waals surface area contributed by atoms with Crippen LogP contribution in [0.25, 0.3) is 0 Å². The van der Waals surface area contributed by atoms with Crippen LogP contribution in [0, 0.1) is 0 Å². The number of carbonyl (C=O) groups is 1. The van der Waals surface area contributed by atoms with Gasteiger partial charge >= 0.3 is 5.97 Å². The summed E-state index contributed by atoms with van der Waals surface area (Å²) in [5.41, 5.74) is 1.10. The third-order valence-electron chi connectivity index (χ3n) is 2.51. The summed E-state index contributed by atoms with van der Waals surface area (Å²) in [6.45, 7) is 4.81. The third kappa shape index (κ3) is 4.75. The van der Waals surface area contributed by atoms with Gasteiger partial charge < -0.3 is 15.3 Å². The molecule has 94 valence electrons. The summed E-state index contributed by atoms with van der Waals surface area (Å²) >= 11 is 3.30. The maximum atomic E-state index is 10.9. The Kier molecular flexibility index (Phi) is 5.44. The van der Waals surface area contributed by atoms with E-state index in [1.807, 2.05) is 13.1 Å². The van der Waals surface area contributed by atoms with Gasteiger partial charge in [0.25, 0.3) is 0 Å². The number of aromatic carboxylic acids is 1. The van der Waals surface area contributed by atoms with E-state index in [1.165, 1.54) is 0 Å². The van der Waals surface area contributed by atoms with Crippen molar-refractivity contribution in [3.8, 4) is 0 Å². The van der Waals surface area contributed by atoms with Crippen molar-refractivity contribution < 1.29 is 9.90 Å². The van der Waals surface area contributed by atoms with E-state index in [9.17, 15) is 4.79 Å². The normalized spacial score (nSPS) is 10.6. The second-order valence-electron chi connectivity index (χ2n) is 3.86. The Balaban J connectivity index is 2.62. The average molecular weight is 301 g/mol. The average Bonchev–Trinajstić information content (AvgIpc) is 2.28. The van der Waals surface area contributed by atoms with Gasteiger partial charge in [-0.1, -0.05) is 22.9 Å². The number of halogens is 1. The molecule has 0 aliphatic rings. The molecule has 0 aromatic heterocycles. The van der Waals surface area contributed by atoms with E-state index in [2.05, 4.69) is 33.1 Å². The highest BCUT2D eigenvalue weighted by Gasteiger charge is 2.05. The molecule has 0 radical (unpaired) electrons. The number of benzene rings is 1. The van der Waals surface area contributed by atoms with Gasteiger partial charge in [-0.3, -0.25) is 0 Å². The van der Waals surface area contributed by atoms with E-state index < -0.39 is 5.97 Å². The van der Waals surface area contributed by atoms with Crippen LogP contribution in [0.1, 0.15) is 17.3 Å². The number of hydrogen-bond donors (Lipinski definition) is 2. The molecule has 0 saturated carbocycles. The van der Waals surface area contributed by atoms with Crippen LogP contribution in [0.5, 0.6) is 0 Å². The highest BCUT2D eigenvalue weighted by molar-refractivity contribution is 9.10. The van der Waals surface area contributed by atoms with E-state index in [-0.39, 0.29) is 5.56 Å². The highest BCUT2D eigenvalue weighted by atomic mass is 79.9. The molecule has 0 fully saturated rings. The molecule has 1 aromatic rings. The quantitative estimate of drug-likeness (QED) is 0.847. The fraction of sp³-hybridized carbons (Fsp3) is 0.417. The van der Waals surface area contributed by atoms with Crippen LogP contribution in [0.2, 0.25) is 0 Å². The van der Waals surface area contributed by atoms with Gasteiger partial charge in [-0.05, 0) is 31.8 Å². The molecular formula is C12H17BrN2O2. The molecule has 0 amide bonds. The third-order valence-corrected chi connectivity index (χ3v) is 2.97. The fourth-order valence-corrected chi connectivity index (χ4v) is 1.86. The lowest BCUT2D eigenvalue weighted by Crippen LogP contribution is -2.24. The Morgan fingerprint density at radius 3 is 2.76 bits per heavy atom. The molecule has 0 heterocycles. The van der Waals surface area contributed by atoms with E-state index in [0.29, 0.717) is 0 Å². The minimum Gasteiger partial charge on any atom is -0.478 e. The predicted octanol–water partition coefficient (Wildman–Crippen LogP) is 2.51. The van der Waals surface area contributed by atoms with E-state index in [4.69, 9.17) is 5.11 Å². The summed E-state index contributed by atoms with van der Waals surface area (Å²) in [5.74, 6) is -0.917. The zero-order chi connectivity index (χ0) is 12.8. The fourth-order valence-electron chi connectivity index (χ4n) is 1.36. The largest absolute Gasteiger partial charge is 0.478 e. The minimum absolute atomic E-state index is 0.283. The second-order valence-corrected chi connectivity index (χ2v) is 4.77. The molecule has 0 bridgehead atoms. The van der Waals surface area contributed by atoms with Gasteiger partial charge in [0.05, 0.1) is 5.56 Å². The smallest absolute Gasteiger partial charge is 0.335 e. The lowest BCUT2D eigenvalue weighted by atomic mass is 10.2. The first kappa shape index (κ1) is 14.0. The molecule has 0 saturated heterocycles. The standard InChI is InChI=1S/C12H17BrN2O2/c1-3-15(2)5-4-14-11-7-9(12(16)17)6-10(13)8-11/h6-8,14H,3-5H2,1-2H3,(H,16,17). The van der Waals surface area contributed by atoms with Crippen LogP contribution in [-0.4, -0.2) is 42.7 Å². The molecule has 0 aliphatic heterocycles. The molecule has 1 rings (SSSR count). The number of carboxylic acid groups (broad SMARTS) is 1. The zero-order valence-electron chi connectivity index (χ0n) is 10.0. The second kappa shape index (κ2) is 6.61. The highest BCUT2D eigenvalue weighted by Crippen LogP contribution is 2.19. The zero-order valence-corrected chi connectivity index (χ0v) is 11.6. The number of carboxylic acids is 1. The van der Waals surface area contributed by atoms with Crippen molar-refractivity contribution >= 4 is 27.6 Å². The molecule has 0 aliphatic carbocycles. The van der Waals surface area contributed by atoms with Gasteiger partial charge in [-0.25, -0.2) is 4.79 Å².